The van der Waals surface area contributed by atoms with Crippen molar-refractivity contribution in [3.05, 3.63) is 24.3 Å². The zero-order valence-electron chi connectivity index (χ0n) is 17.7. The number of aliphatic hydroxyl groups is 1. The minimum Gasteiger partial charge on any atom is -0.444 e. The Bertz CT molecular complexity index is 1100. The second-order valence-corrected chi connectivity index (χ2v) is 9.68. The number of aromatic amines is 1. The average Bonchev–Trinajstić information content (AvgIpc) is 3.40. The molecule has 2 bridgehead atoms. The Hall–Kier alpha value is -2.61. The number of nitrogens with one attached hydrogen (secondary N) is 2. The minimum atomic E-state index is -0.526. The summed E-state index contributed by atoms with van der Waals surface area (Å²) in [5, 5.41) is 14.4. The summed E-state index contributed by atoms with van der Waals surface area (Å²) >= 11 is 0. The Labute approximate surface area is 175 Å². The lowest BCUT2D eigenvalue weighted by molar-refractivity contribution is 0.0528. The lowest BCUT2D eigenvalue weighted by atomic mass is 9.92. The van der Waals surface area contributed by atoms with Crippen molar-refractivity contribution < 1.29 is 14.6 Å². The number of imidazole rings is 1. The van der Waals surface area contributed by atoms with Gasteiger partial charge in [0.05, 0.1) is 17.8 Å². The summed E-state index contributed by atoms with van der Waals surface area (Å²) in [6.07, 6.45) is 6.66. The van der Waals surface area contributed by atoms with Gasteiger partial charge in [-0.1, -0.05) is 0 Å². The fraction of sp³-hybridized carbons (Fsp3) is 0.591. The Morgan fingerprint density at radius 2 is 2.20 bits per heavy atom. The number of alkyl carbamates (subject to hydrolysis) is 1. The van der Waals surface area contributed by atoms with E-state index >= 15 is 0 Å². The van der Waals surface area contributed by atoms with Gasteiger partial charge in [-0.25, -0.2) is 14.8 Å². The van der Waals surface area contributed by atoms with E-state index in [-0.39, 0.29) is 18.1 Å². The zero-order valence-corrected chi connectivity index (χ0v) is 17.7. The summed E-state index contributed by atoms with van der Waals surface area (Å²) < 4.78 is 7.66. The molecule has 0 saturated heterocycles. The van der Waals surface area contributed by atoms with Crippen LogP contribution < -0.4 is 5.32 Å². The number of carbonyl (C=O) groups is 1. The quantitative estimate of drug-likeness (QED) is 0.611. The number of ether oxygens (including phenoxy) is 1. The van der Waals surface area contributed by atoms with Gasteiger partial charge in [-0.3, -0.25) is 0 Å². The number of H-pyrrole nitrogens is 1. The van der Waals surface area contributed by atoms with Crippen LogP contribution in [0.4, 0.5) is 4.79 Å². The molecule has 2 aliphatic rings. The van der Waals surface area contributed by atoms with Crippen LogP contribution in [0.2, 0.25) is 0 Å². The second-order valence-electron chi connectivity index (χ2n) is 9.68. The molecule has 4 atom stereocenters. The largest absolute Gasteiger partial charge is 0.444 e. The van der Waals surface area contributed by atoms with E-state index in [0.717, 1.165) is 47.2 Å². The van der Waals surface area contributed by atoms with Crippen molar-refractivity contribution in [2.45, 2.75) is 64.2 Å². The topological polar surface area (TPSA) is 105 Å². The second kappa shape index (κ2) is 6.97. The van der Waals surface area contributed by atoms with E-state index in [1.165, 1.54) is 0 Å². The summed E-state index contributed by atoms with van der Waals surface area (Å²) in [6.45, 7) is 5.98. The van der Waals surface area contributed by atoms with Crippen molar-refractivity contribution in [3.8, 4) is 0 Å². The zero-order chi connectivity index (χ0) is 21.0. The van der Waals surface area contributed by atoms with Crippen molar-refractivity contribution in [1.29, 1.82) is 0 Å². The molecule has 3 aromatic heterocycles. The third-order valence-corrected chi connectivity index (χ3v) is 6.40. The van der Waals surface area contributed by atoms with E-state index in [0.29, 0.717) is 18.9 Å². The van der Waals surface area contributed by atoms with Crippen LogP contribution in [0, 0.1) is 11.8 Å². The summed E-state index contributed by atoms with van der Waals surface area (Å²) in [5.41, 5.74) is 2.23. The highest BCUT2D eigenvalue weighted by Crippen LogP contribution is 2.52. The molecule has 2 fully saturated rings. The van der Waals surface area contributed by atoms with Gasteiger partial charge in [-0.05, 0) is 52.0 Å². The number of hydrogen-bond acceptors (Lipinski definition) is 5. The van der Waals surface area contributed by atoms with Crippen LogP contribution in [-0.4, -0.2) is 49.0 Å². The molecule has 0 spiro atoms. The van der Waals surface area contributed by atoms with Crippen LogP contribution in [0.1, 0.15) is 51.9 Å². The maximum absolute atomic E-state index is 12.0. The molecule has 2 aliphatic carbocycles. The number of aromatic nitrogens is 4. The van der Waals surface area contributed by atoms with E-state index in [1.807, 2.05) is 33.0 Å². The van der Waals surface area contributed by atoms with Crippen molar-refractivity contribution in [2.24, 2.45) is 11.8 Å². The summed E-state index contributed by atoms with van der Waals surface area (Å²) in [4.78, 5) is 24.6. The number of fused-ring (bicyclic) bond motifs is 5. The molecule has 2 saturated carbocycles. The number of rotatable bonds is 4. The molecule has 3 aromatic rings. The molecule has 3 N–H and O–H groups in total. The smallest absolute Gasteiger partial charge is 0.407 e. The van der Waals surface area contributed by atoms with E-state index in [4.69, 9.17) is 9.72 Å². The molecule has 0 aliphatic heterocycles. The maximum atomic E-state index is 12.0. The van der Waals surface area contributed by atoms with Gasteiger partial charge in [0.1, 0.15) is 22.6 Å². The van der Waals surface area contributed by atoms with Crippen molar-refractivity contribution in [1.82, 2.24) is 24.8 Å². The van der Waals surface area contributed by atoms with E-state index in [1.54, 1.807) is 6.20 Å². The minimum absolute atomic E-state index is 0.223. The van der Waals surface area contributed by atoms with Crippen LogP contribution in [0.25, 0.3) is 22.1 Å². The molecule has 3 heterocycles. The molecular weight excluding hydrogens is 382 g/mol. The molecule has 8 nitrogen and oxygen atoms in total. The van der Waals surface area contributed by atoms with Gasteiger partial charge in [0.2, 0.25) is 0 Å². The van der Waals surface area contributed by atoms with Crippen molar-refractivity contribution in [2.75, 3.05) is 6.54 Å². The van der Waals surface area contributed by atoms with Gasteiger partial charge < -0.3 is 24.7 Å². The number of hydrogen-bond donors (Lipinski definition) is 3. The molecule has 160 valence electrons. The number of amides is 1. The summed E-state index contributed by atoms with van der Waals surface area (Å²) in [6, 6.07) is 2.26. The average molecular weight is 412 g/mol. The van der Waals surface area contributed by atoms with Gasteiger partial charge >= 0.3 is 6.09 Å². The Morgan fingerprint density at radius 3 is 2.93 bits per heavy atom. The first-order valence-electron chi connectivity index (χ1n) is 10.8. The molecular formula is C22H29N5O3. The third kappa shape index (κ3) is 3.33. The van der Waals surface area contributed by atoms with Crippen LogP contribution in [0.3, 0.4) is 0 Å². The fourth-order valence-electron chi connectivity index (χ4n) is 5.34. The highest BCUT2D eigenvalue weighted by molar-refractivity contribution is 6.01. The van der Waals surface area contributed by atoms with Gasteiger partial charge in [0.25, 0.3) is 0 Å². The van der Waals surface area contributed by atoms with E-state index in [2.05, 4.69) is 19.9 Å². The summed E-state index contributed by atoms with van der Waals surface area (Å²) in [5.74, 6) is 1.75. The molecule has 1 amide bonds. The van der Waals surface area contributed by atoms with Crippen LogP contribution in [0.5, 0.6) is 0 Å². The first-order chi connectivity index (χ1) is 14.3. The van der Waals surface area contributed by atoms with Crippen molar-refractivity contribution in [3.63, 3.8) is 0 Å². The molecule has 0 unspecified atom stereocenters. The monoisotopic (exact) mass is 411 g/mol. The van der Waals surface area contributed by atoms with Crippen LogP contribution in [-0.2, 0) is 11.2 Å². The standard InChI is InChI=1S/C22H29N5O3/c1-22(2,3)30-21(29)24-7-5-18-26-15-11-25-20-13(4-6-23-20)19(15)27(18)16-9-12-8-14(16)17(28)10-12/h4,6,11-12,14,16-17,28H,5,7-10H2,1-3H3,(H,23,25)(H,24,29)/t12-,14+,16+,17+/m0/s1. The first-order valence-corrected chi connectivity index (χ1v) is 10.8. The molecule has 0 aromatic carbocycles. The SMILES string of the molecule is CC(C)(C)OC(=O)NCCc1nc2cnc3[nH]ccc3c2n1[C@@H]1C[C@@H]2C[C@H]1[C@H](O)C2. The van der Waals surface area contributed by atoms with Gasteiger partial charge in [-0.2, -0.15) is 0 Å². The van der Waals surface area contributed by atoms with Crippen molar-refractivity contribution >= 4 is 28.2 Å². The number of aliphatic hydroxyl groups excluding tert-OH is 1. The van der Waals surface area contributed by atoms with E-state index < -0.39 is 11.7 Å². The highest BCUT2D eigenvalue weighted by atomic mass is 16.6. The molecule has 0 radical (unpaired) electrons. The number of carbonyl (C=O) groups excluding carboxylic acids is 1. The molecule has 5 rings (SSSR count). The molecule has 30 heavy (non-hydrogen) atoms. The predicted molar refractivity (Wildman–Crippen MR) is 113 cm³/mol. The Balaban J connectivity index is 1.48. The van der Waals surface area contributed by atoms with Crippen LogP contribution >= 0.6 is 0 Å². The predicted octanol–water partition coefficient (Wildman–Crippen LogP) is 3.31. The van der Waals surface area contributed by atoms with Crippen LogP contribution in [0.15, 0.2) is 18.5 Å². The van der Waals surface area contributed by atoms with Gasteiger partial charge in [0, 0.05) is 36.5 Å². The Morgan fingerprint density at radius 1 is 1.37 bits per heavy atom. The first kappa shape index (κ1) is 19.4. The highest BCUT2D eigenvalue weighted by Gasteiger charge is 2.47. The lowest BCUT2D eigenvalue weighted by Crippen LogP contribution is -2.34. The van der Waals surface area contributed by atoms with Gasteiger partial charge in [0.15, 0.2) is 0 Å². The van der Waals surface area contributed by atoms with E-state index in [9.17, 15) is 9.90 Å². The third-order valence-electron chi connectivity index (χ3n) is 6.40. The number of nitrogens with zero attached hydrogens (tertiary/aromatic N) is 3. The summed E-state index contributed by atoms with van der Waals surface area (Å²) in [7, 11) is 0. The Kier molecular flexibility index (Phi) is 4.50. The normalized spacial score (nSPS) is 26.0. The lowest BCUT2D eigenvalue weighted by Gasteiger charge is -2.29. The van der Waals surface area contributed by atoms with Gasteiger partial charge in [-0.15, -0.1) is 0 Å². The molecule has 8 heteroatoms. The number of pyridine rings is 1. The fourth-order valence-corrected chi connectivity index (χ4v) is 5.34. The maximum Gasteiger partial charge on any atom is 0.407 e.